The monoisotopic (exact) mass is 344 g/mol. The molecule has 0 fully saturated rings. The Morgan fingerprint density at radius 1 is 1.33 bits per heavy atom. The summed E-state index contributed by atoms with van der Waals surface area (Å²) in [4.78, 5) is 22.2. The lowest BCUT2D eigenvalue weighted by atomic mass is 10.2. The average Bonchev–Trinajstić information content (AvgIpc) is 3.04. The number of fused-ring (bicyclic) bond motifs is 1. The van der Waals surface area contributed by atoms with E-state index in [-0.39, 0.29) is 12.6 Å². The number of aromatic nitrogens is 3. The second-order valence-corrected chi connectivity index (χ2v) is 5.77. The zero-order valence-electron chi connectivity index (χ0n) is 13.4. The van der Waals surface area contributed by atoms with Gasteiger partial charge in [-0.2, -0.15) is 0 Å². The highest BCUT2D eigenvalue weighted by molar-refractivity contribution is 6.32. The predicted molar refractivity (Wildman–Crippen MR) is 90.8 cm³/mol. The zero-order valence-corrected chi connectivity index (χ0v) is 14.1. The maximum absolute atomic E-state index is 12.3. The molecule has 24 heavy (non-hydrogen) atoms. The van der Waals surface area contributed by atoms with E-state index in [1.165, 1.54) is 4.90 Å². The van der Waals surface area contributed by atoms with Gasteiger partial charge < -0.3 is 9.64 Å². The lowest BCUT2D eigenvalue weighted by Crippen LogP contribution is -2.31. The summed E-state index contributed by atoms with van der Waals surface area (Å²) in [6.07, 6.45) is 4.59. The second-order valence-electron chi connectivity index (χ2n) is 5.42. The maximum atomic E-state index is 12.3. The van der Waals surface area contributed by atoms with Crippen LogP contribution in [0.4, 0.5) is 4.79 Å². The molecule has 3 aromatic rings. The Bertz CT molecular complexity index is 850. The molecule has 0 spiro atoms. The quantitative estimate of drug-likeness (QED) is 0.723. The Labute approximate surface area is 144 Å². The van der Waals surface area contributed by atoms with Crippen LogP contribution in [0.15, 0.2) is 48.9 Å². The summed E-state index contributed by atoms with van der Waals surface area (Å²) in [5.41, 5.74) is 1.64. The Balaban J connectivity index is 1.72. The van der Waals surface area contributed by atoms with Gasteiger partial charge in [0.2, 0.25) is 0 Å². The highest BCUT2D eigenvalue weighted by Gasteiger charge is 2.23. The summed E-state index contributed by atoms with van der Waals surface area (Å²) in [7, 11) is 1.68. The number of halogens is 1. The fourth-order valence-corrected chi connectivity index (χ4v) is 2.57. The maximum Gasteiger partial charge on any atom is 0.410 e. The van der Waals surface area contributed by atoms with Gasteiger partial charge in [0.15, 0.2) is 5.15 Å². The van der Waals surface area contributed by atoms with E-state index in [4.69, 9.17) is 16.3 Å². The molecule has 0 bridgehead atoms. The molecule has 0 aliphatic carbocycles. The molecule has 0 aliphatic heterocycles. The minimum absolute atomic E-state index is 0.231. The van der Waals surface area contributed by atoms with Gasteiger partial charge in [-0.05, 0) is 12.5 Å². The third kappa shape index (κ3) is 3.19. The molecule has 7 heteroatoms. The number of hydrogen-bond donors (Lipinski definition) is 0. The number of imidazole rings is 1. The number of nitrogens with zero attached hydrogens (tertiary/aromatic N) is 4. The molecule has 0 unspecified atom stereocenters. The number of hydrogen-bond acceptors (Lipinski definition) is 4. The van der Waals surface area contributed by atoms with Crippen LogP contribution in [0.25, 0.3) is 5.52 Å². The van der Waals surface area contributed by atoms with E-state index < -0.39 is 6.09 Å². The second kappa shape index (κ2) is 6.88. The molecule has 2 aromatic heterocycles. The van der Waals surface area contributed by atoms with Crippen molar-refractivity contribution in [1.29, 1.82) is 0 Å². The van der Waals surface area contributed by atoms with Crippen molar-refractivity contribution >= 4 is 23.2 Å². The molecule has 0 saturated heterocycles. The summed E-state index contributed by atoms with van der Waals surface area (Å²) in [5.74, 6) is 0.688. The molecule has 3 rings (SSSR count). The molecule has 124 valence electrons. The Kier molecular flexibility index (Phi) is 4.66. The summed E-state index contributed by atoms with van der Waals surface area (Å²) in [6, 6.07) is 9.27. The van der Waals surface area contributed by atoms with E-state index in [9.17, 15) is 4.79 Å². The van der Waals surface area contributed by atoms with Gasteiger partial charge in [0.25, 0.3) is 0 Å². The lowest BCUT2D eigenvalue weighted by Gasteiger charge is -2.23. The van der Waals surface area contributed by atoms with Crippen molar-refractivity contribution in [1.82, 2.24) is 19.3 Å². The first-order chi connectivity index (χ1) is 11.6. The van der Waals surface area contributed by atoms with Gasteiger partial charge in [-0.1, -0.05) is 41.9 Å². The van der Waals surface area contributed by atoms with Gasteiger partial charge in [-0.3, -0.25) is 4.40 Å². The van der Waals surface area contributed by atoms with Gasteiger partial charge in [-0.15, -0.1) is 0 Å². The van der Waals surface area contributed by atoms with Crippen LogP contribution in [-0.4, -0.2) is 32.4 Å². The number of rotatable bonds is 4. The van der Waals surface area contributed by atoms with Gasteiger partial charge >= 0.3 is 6.09 Å². The topological polar surface area (TPSA) is 59.7 Å². The fourth-order valence-electron chi connectivity index (χ4n) is 2.38. The van der Waals surface area contributed by atoms with Crippen LogP contribution in [-0.2, 0) is 11.3 Å². The van der Waals surface area contributed by atoms with Crippen LogP contribution in [0.5, 0.6) is 0 Å². The molecule has 0 saturated carbocycles. The number of ether oxygens (including phenoxy) is 1. The number of carbonyl (C=O) groups is 1. The number of amides is 1. The largest absolute Gasteiger partial charge is 0.445 e. The standard InChI is InChI=1S/C17H17ClN4O2/c1-12(16-20-10-14-15(18)19-8-9-22(14)16)21(2)17(23)24-11-13-6-4-3-5-7-13/h3-10,12H,11H2,1-2H3/t12-/m0/s1. The van der Waals surface area contributed by atoms with Crippen molar-refractivity contribution in [3.8, 4) is 0 Å². The van der Waals surface area contributed by atoms with Gasteiger partial charge in [0.05, 0.1) is 12.2 Å². The molecular weight excluding hydrogens is 328 g/mol. The molecule has 6 nitrogen and oxygen atoms in total. The van der Waals surface area contributed by atoms with Crippen LogP contribution in [0.2, 0.25) is 5.15 Å². The Hall–Kier alpha value is -2.60. The van der Waals surface area contributed by atoms with E-state index in [1.807, 2.05) is 41.7 Å². The highest BCUT2D eigenvalue weighted by Crippen LogP contribution is 2.22. The third-order valence-electron chi connectivity index (χ3n) is 3.89. The number of benzene rings is 1. The molecule has 2 heterocycles. The van der Waals surface area contributed by atoms with E-state index >= 15 is 0 Å². The molecule has 0 N–H and O–H groups in total. The average molecular weight is 345 g/mol. The molecule has 1 atom stereocenters. The summed E-state index contributed by atoms with van der Waals surface area (Å²) in [6.45, 7) is 2.11. The van der Waals surface area contributed by atoms with Crippen LogP contribution >= 0.6 is 11.6 Å². The first-order valence-corrected chi connectivity index (χ1v) is 7.86. The fraction of sp³-hybridized carbons (Fsp3) is 0.235. The van der Waals surface area contributed by atoms with E-state index in [2.05, 4.69) is 9.97 Å². The van der Waals surface area contributed by atoms with Gasteiger partial charge in [0.1, 0.15) is 17.9 Å². The van der Waals surface area contributed by atoms with E-state index in [1.54, 1.807) is 25.6 Å². The first kappa shape index (κ1) is 16.3. The smallest absolute Gasteiger partial charge is 0.410 e. The Morgan fingerprint density at radius 2 is 2.08 bits per heavy atom. The van der Waals surface area contributed by atoms with Crippen molar-refractivity contribution in [2.45, 2.75) is 19.6 Å². The molecule has 0 radical (unpaired) electrons. The minimum Gasteiger partial charge on any atom is -0.445 e. The van der Waals surface area contributed by atoms with Gasteiger partial charge in [-0.25, -0.2) is 14.8 Å². The first-order valence-electron chi connectivity index (χ1n) is 7.49. The number of carbonyl (C=O) groups excluding carboxylic acids is 1. The predicted octanol–water partition coefficient (Wildman–Crippen LogP) is 3.71. The molecule has 1 aromatic carbocycles. The van der Waals surface area contributed by atoms with E-state index in [0.717, 1.165) is 5.56 Å². The SMILES string of the molecule is C[C@@H](c1ncc2c(Cl)nccn12)N(C)C(=O)OCc1ccccc1. The van der Waals surface area contributed by atoms with Gasteiger partial charge in [0, 0.05) is 19.4 Å². The normalized spacial score (nSPS) is 12.1. The van der Waals surface area contributed by atoms with Crippen LogP contribution in [0.3, 0.4) is 0 Å². The van der Waals surface area contributed by atoms with Crippen LogP contribution < -0.4 is 0 Å². The Morgan fingerprint density at radius 3 is 2.83 bits per heavy atom. The van der Waals surface area contributed by atoms with Crippen molar-refractivity contribution < 1.29 is 9.53 Å². The molecule has 0 aliphatic rings. The van der Waals surface area contributed by atoms with Crippen LogP contribution in [0, 0.1) is 0 Å². The zero-order chi connectivity index (χ0) is 17.1. The van der Waals surface area contributed by atoms with E-state index in [0.29, 0.717) is 16.5 Å². The summed E-state index contributed by atoms with van der Waals surface area (Å²) >= 11 is 6.06. The molecular formula is C17H17ClN4O2. The summed E-state index contributed by atoms with van der Waals surface area (Å²) in [5, 5.41) is 0.373. The molecule has 1 amide bonds. The van der Waals surface area contributed by atoms with Crippen LogP contribution in [0.1, 0.15) is 24.4 Å². The van der Waals surface area contributed by atoms with Crippen molar-refractivity contribution in [2.24, 2.45) is 0 Å². The minimum atomic E-state index is -0.414. The van der Waals surface area contributed by atoms with Crippen molar-refractivity contribution in [3.05, 3.63) is 65.5 Å². The lowest BCUT2D eigenvalue weighted by molar-refractivity contribution is 0.0921. The third-order valence-corrected chi connectivity index (χ3v) is 4.18. The summed E-state index contributed by atoms with van der Waals surface area (Å²) < 4.78 is 7.18. The van der Waals surface area contributed by atoms with Crippen molar-refractivity contribution in [2.75, 3.05) is 7.05 Å². The highest BCUT2D eigenvalue weighted by atomic mass is 35.5. The van der Waals surface area contributed by atoms with Crippen molar-refractivity contribution in [3.63, 3.8) is 0 Å².